The van der Waals surface area contributed by atoms with Crippen molar-refractivity contribution in [3.63, 3.8) is 0 Å². The predicted molar refractivity (Wildman–Crippen MR) is 63.9 cm³/mol. The van der Waals surface area contributed by atoms with Crippen molar-refractivity contribution in [3.05, 3.63) is 35.1 Å². The number of hydrogen-bond acceptors (Lipinski definition) is 2. The highest BCUT2D eigenvalue weighted by atomic mass is 35.5. The minimum Gasteiger partial charge on any atom is -0.330 e. The van der Waals surface area contributed by atoms with E-state index in [0.29, 0.717) is 25.5 Å². The van der Waals surface area contributed by atoms with Crippen LogP contribution in [0.5, 0.6) is 0 Å². The van der Waals surface area contributed by atoms with Crippen LogP contribution >= 0.6 is 12.4 Å². The number of nitrogens with two attached hydrogens (primary N) is 2. The molecule has 18 heavy (non-hydrogen) atoms. The molecule has 0 saturated carbocycles. The molecule has 1 aromatic rings. The highest BCUT2D eigenvalue weighted by Crippen LogP contribution is 2.34. The van der Waals surface area contributed by atoms with Crippen molar-refractivity contribution in [1.82, 2.24) is 0 Å². The fourth-order valence-corrected chi connectivity index (χ4v) is 1.55. The number of hydrogen-bond donors (Lipinski definition) is 2. The minimum absolute atomic E-state index is 0. The van der Waals surface area contributed by atoms with Gasteiger partial charge in [0.05, 0.1) is 5.56 Å². The van der Waals surface area contributed by atoms with Gasteiger partial charge in [-0.25, -0.2) is 4.39 Å². The summed E-state index contributed by atoms with van der Waals surface area (Å²) in [5.41, 5.74) is 9.50. The zero-order valence-electron chi connectivity index (χ0n) is 9.51. The number of benzene rings is 1. The molecule has 0 aromatic heterocycles. The zero-order valence-corrected chi connectivity index (χ0v) is 10.3. The van der Waals surface area contributed by atoms with Crippen molar-refractivity contribution in [1.29, 1.82) is 0 Å². The Kier molecular flexibility index (Phi) is 6.59. The molecule has 0 aliphatic carbocycles. The van der Waals surface area contributed by atoms with Crippen LogP contribution in [0, 0.1) is 5.82 Å². The van der Waals surface area contributed by atoms with E-state index in [2.05, 4.69) is 0 Å². The maximum Gasteiger partial charge on any atom is 0.419 e. The molecule has 0 saturated heterocycles. The fraction of sp³-hybridized carbons (Fsp3) is 0.455. The number of rotatable bonds is 4. The normalized spacial score (nSPS) is 13.0. The summed E-state index contributed by atoms with van der Waals surface area (Å²) in [7, 11) is 0. The molecule has 0 aliphatic rings. The van der Waals surface area contributed by atoms with Gasteiger partial charge in [0, 0.05) is 11.6 Å². The molecule has 0 amide bonds. The van der Waals surface area contributed by atoms with Gasteiger partial charge in [0.2, 0.25) is 0 Å². The molecule has 0 radical (unpaired) electrons. The molecule has 0 bridgehead atoms. The van der Waals surface area contributed by atoms with Crippen LogP contribution in [0.1, 0.15) is 30.0 Å². The van der Waals surface area contributed by atoms with Crippen molar-refractivity contribution in [2.24, 2.45) is 11.5 Å². The molecule has 0 unspecified atom stereocenters. The van der Waals surface area contributed by atoms with Crippen LogP contribution in [0.15, 0.2) is 18.2 Å². The van der Waals surface area contributed by atoms with Crippen molar-refractivity contribution in [3.8, 4) is 0 Å². The Morgan fingerprint density at radius 1 is 1.22 bits per heavy atom. The first kappa shape index (κ1) is 17.2. The van der Waals surface area contributed by atoms with Crippen LogP contribution in [-0.2, 0) is 6.18 Å². The van der Waals surface area contributed by atoms with Crippen molar-refractivity contribution >= 4 is 12.4 Å². The lowest BCUT2D eigenvalue weighted by atomic mass is 9.99. The van der Waals surface area contributed by atoms with Crippen LogP contribution in [0.25, 0.3) is 0 Å². The van der Waals surface area contributed by atoms with Crippen molar-refractivity contribution in [2.75, 3.05) is 6.54 Å². The summed E-state index contributed by atoms with van der Waals surface area (Å²) in [6, 6.07) is 2.37. The van der Waals surface area contributed by atoms with Crippen molar-refractivity contribution in [2.45, 2.75) is 25.1 Å². The summed E-state index contributed by atoms with van der Waals surface area (Å²) in [6.07, 6.45) is -3.81. The summed E-state index contributed by atoms with van der Waals surface area (Å²) in [5, 5.41) is 0. The summed E-state index contributed by atoms with van der Waals surface area (Å²) in [4.78, 5) is 0. The fourth-order valence-electron chi connectivity index (χ4n) is 1.55. The monoisotopic (exact) mass is 286 g/mol. The molecule has 0 fully saturated rings. The van der Waals surface area contributed by atoms with Gasteiger partial charge in [-0.1, -0.05) is 12.1 Å². The van der Waals surface area contributed by atoms with Gasteiger partial charge in [0.1, 0.15) is 5.82 Å². The van der Waals surface area contributed by atoms with Gasteiger partial charge < -0.3 is 11.5 Å². The molecule has 104 valence electrons. The lowest BCUT2D eigenvalue weighted by Gasteiger charge is -2.15. The second-order valence-corrected chi connectivity index (χ2v) is 3.74. The van der Waals surface area contributed by atoms with Crippen LogP contribution in [-0.4, -0.2) is 6.54 Å². The van der Waals surface area contributed by atoms with Crippen LogP contribution in [0.2, 0.25) is 0 Å². The first-order valence-corrected chi connectivity index (χ1v) is 5.19. The van der Waals surface area contributed by atoms with E-state index < -0.39 is 23.6 Å². The van der Waals surface area contributed by atoms with E-state index in [4.69, 9.17) is 11.5 Å². The van der Waals surface area contributed by atoms with E-state index in [0.717, 1.165) is 6.07 Å². The van der Waals surface area contributed by atoms with Gasteiger partial charge in [-0.15, -0.1) is 12.4 Å². The maximum atomic E-state index is 13.6. The summed E-state index contributed by atoms with van der Waals surface area (Å²) < 4.78 is 50.9. The second-order valence-electron chi connectivity index (χ2n) is 3.74. The molecule has 2 nitrogen and oxygen atoms in total. The first-order valence-electron chi connectivity index (χ1n) is 5.19. The second kappa shape index (κ2) is 6.92. The van der Waals surface area contributed by atoms with Gasteiger partial charge in [-0.2, -0.15) is 13.2 Å². The maximum absolute atomic E-state index is 13.6. The highest BCUT2D eigenvalue weighted by molar-refractivity contribution is 5.85. The predicted octanol–water partition coefficient (Wildman–Crippen LogP) is 3.01. The van der Waals surface area contributed by atoms with Gasteiger partial charge in [0.25, 0.3) is 0 Å². The van der Waals surface area contributed by atoms with E-state index >= 15 is 0 Å². The topological polar surface area (TPSA) is 52.0 Å². The minimum atomic E-state index is -4.70. The lowest BCUT2D eigenvalue weighted by Crippen LogP contribution is -2.17. The largest absolute Gasteiger partial charge is 0.419 e. The average Bonchev–Trinajstić information content (AvgIpc) is 2.24. The SMILES string of the molecule is Cl.NCCC[C@@H](N)c1cccc(C(F)(F)F)c1F. The van der Waals surface area contributed by atoms with Gasteiger partial charge in [-0.05, 0) is 25.5 Å². The molecular weight excluding hydrogens is 272 g/mol. The molecule has 0 spiro atoms. The zero-order chi connectivity index (χ0) is 13.1. The Bertz CT molecular complexity index is 382. The average molecular weight is 287 g/mol. The van der Waals surface area contributed by atoms with Crippen molar-refractivity contribution < 1.29 is 17.6 Å². The first-order chi connectivity index (χ1) is 7.88. The third-order valence-electron chi connectivity index (χ3n) is 2.45. The highest BCUT2D eigenvalue weighted by Gasteiger charge is 2.35. The van der Waals surface area contributed by atoms with E-state index in [1.165, 1.54) is 6.07 Å². The molecular formula is C11H15ClF4N2. The Morgan fingerprint density at radius 2 is 1.83 bits per heavy atom. The summed E-state index contributed by atoms with van der Waals surface area (Å²) in [6.45, 7) is 0.369. The Hall–Kier alpha value is -0.850. The van der Waals surface area contributed by atoms with Gasteiger partial charge in [0.15, 0.2) is 0 Å². The Balaban J connectivity index is 0.00000289. The van der Waals surface area contributed by atoms with Gasteiger partial charge >= 0.3 is 6.18 Å². The molecule has 0 heterocycles. The Labute approximate surface area is 109 Å². The number of alkyl halides is 3. The van der Waals surface area contributed by atoms with E-state index in [-0.39, 0.29) is 18.0 Å². The molecule has 7 heteroatoms. The van der Waals surface area contributed by atoms with Crippen LogP contribution < -0.4 is 11.5 Å². The van der Waals surface area contributed by atoms with Crippen LogP contribution in [0.4, 0.5) is 17.6 Å². The number of halogens is 5. The third-order valence-corrected chi connectivity index (χ3v) is 2.45. The van der Waals surface area contributed by atoms with Gasteiger partial charge in [-0.3, -0.25) is 0 Å². The summed E-state index contributed by atoms with van der Waals surface area (Å²) in [5.74, 6) is -1.29. The smallest absolute Gasteiger partial charge is 0.330 e. The summed E-state index contributed by atoms with van der Waals surface area (Å²) >= 11 is 0. The van der Waals surface area contributed by atoms with E-state index in [1.807, 2.05) is 0 Å². The van der Waals surface area contributed by atoms with Crippen LogP contribution in [0.3, 0.4) is 0 Å². The van der Waals surface area contributed by atoms with E-state index in [1.54, 1.807) is 0 Å². The quantitative estimate of drug-likeness (QED) is 0.836. The molecule has 0 aliphatic heterocycles. The molecule has 1 rings (SSSR count). The third kappa shape index (κ3) is 4.12. The molecule has 4 N–H and O–H groups in total. The molecule has 1 atom stereocenters. The lowest BCUT2D eigenvalue weighted by molar-refractivity contribution is -0.140. The van der Waals surface area contributed by atoms with E-state index in [9.17, 15) is 17.6 Å². The standard InChI is InChI=1S/C11H14F4N2.ClH/c12-10-7(9(17)5-2-6-16)3-1-4-8(10)11(13,14)15;/h1,3-4,9H,2,5-6,16-17H2;1H/t9-;/m1./s1. The Morgan fingerprint density at radius 3 is 2.33 bits per heavy atom. The molecule has 1 aromatic carbocycles.